The first kappa shape index (κ1) is 11.9. The molecule has 0 radical (unpaired) electrons. The van der Waals surface area contributed by atoms with Gasteiger partial charge in [-0.25, -0.2) is 0 Å². The van der Waals surface area contributed by atoms with Gasteiger partial charge in [0.25, 0.3) is 0 Å². The lowest BCUT2D eigenvalue weighted by Crippen LogP contribution is -2.25. The van der Waals surface area contributed by atoms with Crippen molar-refractivity contribution in [2.75, 3.05) is 0 Å². The van der Waals surface area contributed by atoms with Crippen LogP contribution in [0.3, 0.4) is 0 Å². The molecule has 1 heterocycles. The molecule has 0 aliphatic heterocycles. The first-order valence-electron chi connectivity index (χ1n) is 6.13. The van der Waals surface area contributed by atoms with E-state index in [1.165, 1.54) is 11.1 Å². The molecule has 2 N–H and O–H groups in total. The molecule has 0 aliphatic carbocycles. The average Bonchev–Trinajstić information content (AvgIpc) is 2.82. The SMILES string of the molecule is CCc1ccc(CC(N)Cc2ccco2)cc1. The number of furan rings is 1. The monoisotopic (exact) mass is 229 g/mol. The Morgan fingerprint density at radius 1 is 1.06 bits per heavy atom. The maximum atomic E-state index is 6.11. The third kappa shape index (κ3) is 3.46. The van der Waals surface area contributed by atoms with Crippen molar-refractivity contribution < 1.29 is 4.42 Å². The van der Waals surface area contributed by atoms with Crippen molar-refractivity contribution in [3.05, 3.63) is 59.5 Å². The molecular formula is C15H19NO. The van der Waals surface area contributed by atoms with Gasteiger partial charge in [-0.1, -0.05) is 31.2 Å². The molecule has 2 nitrogen and oxygen atoms in total. The molecule has 0 saturated heterocycles. The zero-order valence-electron chi connectivity index (χ0n) is 10.2. The number of rotatable bonds is 5. The molecule has 17 heavy (non-hydrogen) atoms. The Morgan fingerprint density at radius 2 is 1.76 bits per heavy atom. The molecule has 2 heteroatoms. The molecule has 2 aromatic rings. The van der Waals surface area contributed by atoms with Crippen molar-refractivity contribution >= 4 is 0 Å². The Labute approximate surface area is 102 Å². The van der Waals surface area contributed by atoms with E-state index in [9.17, 15) is 0 Å². The smallest absolute Gasteiger partial charge is 0.105 e. The van der Waals surface area contributed by atoms with E-state index in [4.69, 9.17) is 10.2 Å². The van der Waals surface area contributed by atoms with E-state index in [2.05, 4.69) is 31.2 Å². The lowest BCUT2D eigenvalue weighted by Gasteiger charge is -2.10. The van der Waals surface area contributed by atoms with Crippen molar-refractivity contribution in [3.8, 4) is 0 Å². The Balaban J connectivity index is 1.91. The molecule has 1 unspecified atom stereocenters. The summed E-state index contributed by atoms with van der Waals surface area (Å²) in [6.07, 6.45) is 4.46. The Hall–Kier alpha value is -1.54. The molecule has 0 bridgehead atoms. The van der Waals surface area contributed by atoms with Crippen LogP contribution in [0.1, 0.15) is 23.8 Å². The van der Waals surface area contributed by atoms with Gasteiger partial charge >= 0.3 is 0 Å². The minimum absolute atomic E-state index is 0.119. The number of nitrogens with two attached hydrogens (primary N) is 1. The third-order valence-electron chi connectivity index (χ3n) is 2.97. The maximum absolute atomic E-state index is 6.11. The van der Waals surface area contributed by atoms with Crippen LogP contribution in [-0.4, -0.2) is 6.04 Å². The zero-order chi connectivity index (χ0) is 12.1. The van der Waals surface area contributed by atoms with Crippen LogP contribution in [0.5, 0.6) is 0 Å². The van der Waals surface area contributed by atoms with Gasteiger partial charge in [0.15, 0.2) is 0 Å². The first-order chi connectivity index (χ1) is 8.28. The van der Waals surface area contributed by atoms with E-state index < -0.39 is 0 Å². The summed E-state index contributed by atoms with van der Waals surface area (Å²) in [6, 6.07) is 12.7. The second kappa shape index (κ2) is 5.69. The fourth-order valence-electron chi connectivity index (χ4n) is 1.97. The summed E-state index contributed by atoms with van der Waals surface area (Å²) < 4.78 is 5.30. The summed E-state index contributed by atoms with van der Waals surface area (Å²) in [5.74, 6) is 0.961. The summed E-state index contributed by atoms with van der Waals surface area (Å²) in [5.41, 5.74) is 8.77. The standard InChI is InChI=1S/C15H19NO/c1-2-12-5-7-13(8-6-12)10-14(16)11-15-4-3-9-17-15/h3-9,14H,2,10-11,16H2,1H3. The van der Waals surface area contributed by atoms with E-state index in [0.29, 0.717) is 0 Å². The second-order valence-corrected chi connectivity index (χ2v) is 4.42. The van der Waals surface area contributed by atoms with Gasteiger partial charge in [-0.05, 0) is 36.1 Å². The highest BCUT2D eigenvalue weighted by Gasteiger charge is 2.07. The topological polar surface area (TPSA) is 39.2 Å². The van der Waals surface area contributed by atoms with Gasteiger partial charge in [0.05, 0.1) is 6.26 Å². The molecule has 0 fully saturated rings. The Kier molecular flexibility index (Phi) is 3.99. The number of aryl methyl sites for hydroxylation is 1. The van der Waals surface area contributed by atoms with Crippen molar-refractivity contribution in [3.63, 3.8) is 0 Å². The molecule has 2 rings (SSSR count). The van der Waals surface area contributed by atoms with Crippen LogP contribution >= 0.6 is 0 Å². The van der Waals surface area contributed by atoms with Crippen molar-refractivity contribution in [1.82, 2.24) is 0 Å². The van der Waals surface area contributed by atoms with Gasteiger partial charge in [-0.3, -0.25) is 0 Å². The van der Waals surface area contributed by atoms with Crippen LogP contribution in [-0.2, 0) is 19.3 Å². The molecule has 0 saturated carbocycles. The molecule has 1 atom stereocenters. The molecule has 0 spiro atoms. The highest BCUT2D eigenvalue weighted by Crippen LogP contribution is 2.10. The summed E-state index contributed by atoms with van der Waals surface area (Å²) in [4.78, 5) is 0. The Morgan fingerprint density at radius 3 is 2.35 bits per heavy atom. The van der Waals surface area contributed by atoms with E-state index in [1.54, 1.807) is 6.26 Å². The van der Waals surface area contributed by atoms with Gasteiger partial charge < -0.3 is 10.2 Å². The first-order valence-corrected chi connectivity index (χ1v) is 6.13. The van der Waals surface area contributed by atoms with Gasteiger partial charge in [-0.15, -0.1) is 0 Å². The van der Waals surface area contributed by atoms with E-state index in [0.717, 1.165) is 25.0 Å². The Bertz CT molecular complexity index is 430. The average molecular weight is 229 g/mol. The van der Waals surface area contributed by atoms with Crippen LogP contribution in [0.4, 0.5) is 0 Å². The molecule has 0 aliphatic rings. The number of benzene rings is 1. The molecule has 1 aromatic carbocycles. The molecule has 0 amide bonds. The number of hydrogen-bond acceptors (Lipinski definition) is 2. The lowest BCUT2D eigenvalue weighted by molar-refractivity contribution is 0.483. The number of hydrogen-bond donors (Lipinski definition) is 1. The zero-order valence-corrected chi connectivity index (χ0v) is 10.2. The van der Waals surface area contributed by atoms with Crippen molar-refractivity contribution in [2.45, 2.75) is 32.2 Å². The quantitative estimate of drug-likeness (QED) is 0.856. The van der Waals surface area contributed by atoms with E-state index in [-0.39, 0.29) is 6.04 Å². The highest BCUT2D eigenvalue weighted by molar-refractivity contribution is 5.23. The van der Waals surface area contributed by atoms with Crippen LogP contribution < -0.4 is 5.73 Å². The minimum atomic E-state index is 0.119. The predicted molar refractivity (Wildman–Crippen MR) is 69.9 cm³/mol. The predicted octanol–water partition coefficient (Wildman–Crippen LogP) is 2.95. The van der Waals surface area contributed by atoms with Crippen LogP contribution in [0.25, 0.3) is 0 Å². The fourth-order valence-corrected chi connectivity index (χ4v) is 1.97. The van der Waals surface area contributed by atoms with E-state index >= 15 is 0 Å². The normalized spacial score (nSPS) is 12.6. The summed E-state index contributed by atoms with van der Waals surface area (Å²) in [5, 5.41) is 0. The highest BCUT2D eigenvalue weighted by atomic mass is 16.3. The van der Waals surface area contributed by atoms with Gasteiger partial charge in [0.1, 0.15) is 5.76 Å². The van der Waals surface area contributed by atoms with Gasteiger partial charge in [-0.2, -0.15) is 0 Å². The van der Waals surface area contributed by atoms with E-state index in [1.807, 2.05) is 12.1 Å². The van der Waals surface area contributed by atoms with Crippen LogP contribution in [0.15, 0.2) is 47.1 Å². The van der Waals surface area contributed by atoms with Gasteiger partial charge in [0, 0.05) is 12.5 Å². The minimum Gasteiger partial charge on any atom is -0.469 e. The van der Waals surface area contributed by atoms with Crippen molar-refractivity contribution in [2.24, 2.45) is 5.73 Å². The lowest BCUT2D eigenvalue weighted by atomic mass is 10.0. The second-order valence-electron chi connectivity index (χ2n) is 4.42. The molecule has 90 valence electrons. The summed E-state index contributed by atoms with van der Waals surface area (Å²) >= 11 is 0. The van der Waals surface area contributed by atoms with Crippen LogP contribution in [0.2, 0.25) is 0 Å². The molecular weight excluding hydrogens is 210 g/mol. The van der Waals surface area contributed by atoms with Crippen LogP contribution in [0, 0.1) is 0 Å². The summed E-state index contributed by atoms with van der Waals surface area (Å²) in [6.45, 7) is 2.16. The fraction of sp³-hybridized carbons (Fsp3) is 0.333. The summed E-state index contributed by atoms with van der Waals surface area (Å²) in [7, 11) is 0. The van der Waals surface area contributed by atoms with Crippen molar-refractivity contribution in [1.29, 1.82) is 0 Å². The van der Waals surface area contributed by atoms with Gasteiger partial charge in [0.2, 0.25) is 0 Å². The largest absolute Gasteiger partial charge is 0.469 e. The molecule has 1 aromatic heterocycles. The maximum Gasteiger partial charge on any atom is 0.105 e. The third-order valence-corrected chi connectivity index (χ3v) is 2.97.